The molecule has 8 heteroatoms. The maximum absolute atomic E-state index is 12.3. The van der Waals surface area contributed by atoms with E-state index in [1.54, 1.807) is 23.0 Å². The lowest BCUT2D eigenvalue weighted by Crippen LogP contribution is -2.35. The summed E-state index contributed by atoms with van der Waals surface area (Å²) in [6, 6.07) is 25.0. The molecule has 0 saturated heterocycles. The number of nitrogens with zero attached hydrogens (tertiary/aromatic N) is 3. The third-order valence-corrected chi connectivity index (χ3v) is 5.92. The third-order valence-electron chi connectivity index (χ3n) is 4.98. The molecule has 0 fully saturated rings. The Morgan fingerprint density at radius 2 is 1.79 bits per heavy atom. The van der Waals surface area contributed by atoms with Gasteiger partial charge < -0.3 is 5.32 Å². The van der Waals surface area contributed by atoms with E-state index in [1.807, 2.05) is 79.9 Å². The third kappa shape index (κ3) is 5.76. The number of aromatic nitrogens is 2. The lowest BCUT2D eigenvalue weighted by molar-refractivity contribution is -0.120. The molecule has 0 aliphatic carbocycles. The van der Waals surface area contributed by atoms with Crippen LogP contribution in [-0.2, 0) is 4.79 Å². The standard InChI is InChI=1S/C26H22IN5O2/c1-18-8-7-9-19(14-18)25-20(17-32(31-25)21-10-3-2-4-11-21)15-29-30-24(33)16-28-26(34)22-12-5-6-13-23(22)27/h2-15,17H,16H2,1H3,(H,28,34)(H,30,33)/b29-15+. The molecule has 34 heavy (non-hydrogen) atoms. The van der Waals surface area contributed by atoms with Crippen molar-refractivity contribution in [1.29, 1.82) is 0 Å². The van der Waals surface area contributed by atoms with Gasteiger partial charge in [-0.05, 0) is 59.8 Å². The van der Waals surface area contributed by atoms with E-state index in [9.17, 15) is 9.59 Å². The van der Waals surface area contributed by atoms with E-state index in [0.717, 1.165) is 31.6 Å². The minimum atomic E-state index is -0.428. The Morgan fingerprint density at radius 3 is 2.56 bits per heavy atom. The minimum absolute atomic E-state index is 0.185. The van der Waals surface area contributed by atoms with Gasteiger partial charge in [0.25, 0.3) is 11.8 Å². The first-order chi connectivity index (χ1) is 16.5. The highest BCUT2D eigenvalue weighted by Gasteiger charge is 2.12. The molecule has 2 N–H and O–H groups in total. The van der Waals surface area contributed by atoms with Gasteiger partial charge in [0, 0.05) is 20.9 Å². The number of rotatable bonds is 7. The molecule has 4 aromatic rings. The topological polar surface area (TPSA) is 88.4 Å². The molecular formula is C26H22IN5O2. The zero-order valence-electron chi connectivity index (χ0n) is 18.4. The van der Waals surface area contributed by atoms with E-state index in [-0.39, 0.29) is 12.5 Å². The Bertz CT molecular complexity index is 1350. The van der Waals surface area contributed by atoms with Crippen molar-refractivity contribution >= 4 is 40.6 Å². The Morgan fingerprint density at radius 1 is 1.03 bits per heavy atom. The first kappa shape index (κ1) is 23.4. The summed E-state index contributed by atoms with van der Waals surface area (Å²) in [6.45, 7) is 1.84. The Labute approximate surface area is 211 Å². The summed E-state index contributed by atoms with van der Waals surface area (Å²) in [5, 5.41) is 11.5. The van der Waals surface area contributed by atoms with Gasteiger partial charge in [-0.25, -0.2) is 10.1 Å². The molecule has 2 amide bonds. The van der Waals surface area contributed by atoms with E-state index in [0.29, 0.717) is 5.56 Å². The van der Waals surface area contributed by atoms with Gasteiger partial charge >= 0.3 is 0 Å². The molecule has 0 aliphatic heterocycles. The Kier molecular flexibility index (Phi) is 7.48. The Hall–Kier alpha value is -3.79. The molecule has 170 valence electrons. The van der Waals surface area contributed by atoms with Gasteiger partial charge in [-0.1, -0.05) is 54.1 Å². The van der Waals surface area contributed by atoms with Crippen LogP contribution in [0, 0.1) is 10.5 Å². The van der Waals surface area contributed by atoms with E-state index in [4.69, 9.17) is 5.10 Å². The summed E-state index contributed by atoms with van der Waals surface area (Å²) >= 11 is 2.08. The van der Waals surface area contributed by atoms with Crippen molar-refractivity contribution < 1.29 is 9.59 Å². The molecule has 0 aliphatic rings. The number of carbonyl (C=O) groups excluding carboxylic acids is 2. The van der Waals surface area contributed by atoms with Gasteiger partial charge in [0.15, 0.2) is 0 Å². The highest BCUT2D eigenvalue weighted by atomic mass is 127. The summed E-state index contributed by atoms with van der Waals surface area (Å²) in [7, 11) is 0. The molecule has 3 aromatic carbocycles. The fraction of sp³-hybridized carbons (Fsp3) is 0.0769. The SMILES string of the molecule is Cc1cccc(-c2nn(-c3ccccc3)cc2/C=N/NC(=O)CNC(=O)c2ccccc2I)c1. The average molecular weight is 563 g/mol. The fourth-order valence-electron chi connectivity index (χ4n) is 3.33. The first-order valence-corrected chi connectivity index (χ1v) is 11.7. The van der Waals surface area contributed by atoms with E-state index in [1.165, 1.54) is 0 Å². The van der Waals surface area contributed by atoms with Crippen LogP contribution in [0.25, 0.3) is 16.9 Å². The van der Waals surface area contributed by atoms with Crippen LogP contribution >= 0.6 is 22.6 Å². The largest absolute Gasteiger partial charge is 0.343 e. The lowest BCUT2D eigenvalue weighted by atomic mass is 10.1. The fourth-order valence-corrected chi connectivity index (χ4v) is 3.96. The second kappa shape index (κ2) is 10.9. The van der Waals surface area contributed by atoms with Gasteiger partial charge in [-0.2, -0.15) is 10.2 Å². The summed E-state index contributed by atoms with van der Waals surface area (Å²) in [4.78, 5) is 24.5. The summed E-state index contributed by atoms with van der Waals surface area (Å²) in [5.74, 6) is -0.738. The van der Waals surface area contributed by atoms with Crippen LogP contribution in [0.15, 0.2) is 90.2 Å². The monoisotopic (exact) mass is 563 g/mol. The number of hydrogen-bond acceptors (Lipinski definition) is 4. The van der Waals surface area contributed by atoms with Crippen molar-refractivity contribution in [2.75, 3.05) is 6.54 Å². The van der Waals surface area contributed by atoms with Crippen LogP contribution < -0.4 is 10.7 Å². The minimum Gasteiger partial charge on any atom is -0.343 e. The number of para-hydroxylation sites is 1. The molecular weight excluding hydrogens is 541 g/mol. The van der Waals surface area contributed by atoms with E-state index in [2.05, 4.69) is 38.4 Å². The molecule has 0 spiro atoms. The molecule has 0 atom stereocenters. The second-order valence-electron chi connectivity index (χ2n) is 7.54. The van der Waals surface area contributed by atoms with Gasteiger partial charge in [-0.3, -0.25) is 9.59 Å². The zero-order valence-corrected chi connectivity index (χ0v) is 20.6. The zero-order chi connectivity index (χ0) is 23.9. The predicted molar refractivity (Wildman–Crippen MR) is 141 cm³/mol. The van der Waals surface area contributed by atoms with E-state index >= 15 is 0 Å². The normalized spacial score (nSPS) is 10.9. The molecule has 7 nitrogen and oxygen atoms in total. The van der Waals surface area contributed by atoms with Crippen molar-refractivity contribution in [3.05, 3.63) is 105 Å². The molecule has 0 unspecified atom stereocenters. The smallest absolute Gasteiger partial charge is 0.259 e. The second-order valence-corrected chi connectivity index (χ2v) is 8.70. The van der Waals surface area contributed by atoms with Crippen molar-refractivity contribution in [2.24, 2.45) is 5.10 Å². The molecule has 4 rings (SSSR count). The summed E-state index contributed by atoms with van der Waals surface area (Å²) in [6.07, 6.45) is 3.42. The number of hydrazone groups is 1. The average Bonchev–Trinajstić information content (AvgIpc) is 3.28. The first-order valence-electron chi connectivity index (χ1n) is 10.6. The molecule has 0 bridgehead atoms. The van der Waals surface area contributed by atoms with Crippen molar-refractivity contribution in [3.63, 3.8) is 0 Å². The molecule has 1 heterocycles. The lowest BCUT2D eigenvalue weighted by Gasteiger charge is -2.05. The van der Waals surface area contributed by atoms with Gasteiger partial charge in [-0.15, -0.1) is 0 Å². The van der Waals surface area contributed by atoms with Gasteiger partial charge in [0.2, 0.25) is 0 Å². The number of benzene rings is 3. The number of aryl methyl sites for hydroxylation is 1. The van der Waals surface area contributed by atoms with Gasteiger partial charge in [0.1, 0.15) is 5.69 Å². The van der Waals surface area contributed by atoms with Crippen molar-refractivity contribution in [1.82, 2.24) is 20.5 Å². The molecule has 1 aromatic heterocycles. The number of hydrogen-bond donors (Lipinski definition) is 2. The predicted octanol–water partition coefficient (Wildman–Crippen LogP) is 4.33. The highest BCUT2D eigenvalue weighted by molar-refractivity contribution is 14.1. The molecule has 0 saturated carbocycles. The maximum Gasteiger partial charge on any atom is 0.259 e. The van der Waals surface area contributed by atoms with Crippen LogP contribution in [0.2, 0.25) is 0 Å². The number of carbonyl (C=O) groups is 2. The number of halogens is 1. The van der Waals surface area contributed by atoms with Crippen molar-refractivity contribution in [2.45, 2.75) is 6.92 Å². The van der Waals surface area contributed by atoms with Gasteiger partial charge in [0.05, 0.1) is 24.0 Å². The number of nitrogens with one attached hydrogen (secondary N) is 2. The van der Waals surface area contributed by atoms with Crippen LogP contribution in [0.1, 0.15) is 21.5 Å². The Balaban J connectivity index is 1.47. The van der Waals surface area contributed by atoms with Crippen LogP contribution in [0.4, 0.5) is 0 Å². The van der Waals surface area contributed by atoms with Crippen LogP contribution in [-0.4, -0.2) is 34.4 Å². The maximum atomic E-state index is 12.3. The highest BCUT2D eigenvalue weighted by Crippen LogP contribution is 2.23. The molecule has 0 radical (unpaired) electrons. The van der Waals surface area contributed by atoms with E-state index < -0.39 is 5.91 Å². The summed E-state index contributed by atoms with van der Waals surface area (Å²) in [5.41, 5.74) is 7.47. The van der Waals surface area contributed by atoms with Crippen LogP contribution in [0.5, 0.6) is 0 Å². The van der Waals surface area contributed by atoms with Crippen LogP contribution in [0.3, 0.4) is 0 Å². The van der Waals surface area contributed by atoms with Crippen molar-refractivity contribution in [3.8, 4) is 16.9 Å². The summed E-state index contributed by atoms with van der Waals surface area (Å²) < 4.78 is 2.60. The number of amides is 2. The quantitative estimate of drug-likeness (QED) is 0.199.